The molecule has 1 aromatic heterocycles. The molecule has 3 nitrogen and oxygen atoms in total. The monoisotopic (exact) mass is 216 g/mol. The third-order valence-corrected chi connectivity index (χ3v) is 2.82. The van der Waals surface area contributed by atoms with Crippen molar-refractivity contribution in [1.82, 2.24) is 9.88 Å². The van der Waals surface area contributed by atoms with Gasteiger partial charge >= 0.3 is 0 Å². The summed E-state index contributed by atoms with van der Waals surface area (Å²) in [6.45, 7) is 1.89. The molecule has 0 atom stereocenters. The quantitative estimate of drug-likeness (QED) is 0.724. The van der Waals surface area contributed by atoms with E-state index in [0.29, 0.717) is 11.7 Å². The molecule has 1 aromatic rings. The van der Waals surface area contributed by atoms with Crippen LogP contribution >= 0.6 is 0 Å². The van der Waals surface area contributed by atoms with E-state index in [1.165, 1.54) is 12.8 Å². The second-order valence-corrected chi connectivity index (χ2v) is 4.26. The van der Waals surface area contributed by atoms with Crippen LogP contribution in [-0.4, -0.2) is 29.3 Å². The highest BCUT2D eigenvalue weighted by molar-refractivity contribution is 5.79. The average molecular weight is 216 g/mol. The number of rotatable bonds is 4. The Kier molecular flexibility index (Phi) is 3.04. The van der Waals surface area contributed by atoms with E-state index in [1.807, 2.05) is 31.3 Å². The maximum atomic E-state index is 10.9. The molecule has 0 N–H and O–H groups in total. The molecular weight excluding hydrogens is 200 g/mol. The van der Waals surface area contributed by atoms with Gasteiger partial charge in [-0.05, 0) is 38.1 Å². The lowest BCUT2D eigenvalue weighted by Crippen LogP contribution is -2.12. The minimum atomic E-state index is 0.514. The van der Waals surface area contributed by atoms with Crippen molar-refractivity contribution in [3.8, 4) is 0 Å². The van der Waals surface area contributed by atoms with Gasteiger partial charge in [0.25, 0.3) is 0 Å². The number of aromatic nitrogens is 1. The van der Waals surface area contributed by atoms with Crippen LogP contribution in [0.3, 0.4) is 0 Å². The molecule has 84 valence electrons. The van der Waals surface area contributed by atoms with Gasteiger partial charge in [0.15, 0.2) is 6.29 Å². The van der Waals surface area contributed by atoms with E-state index in [2.05, 4.69) is 16.9 Å². The third-order valence-electron chi connectivity index (χ3n) is 2.82. The van der Waals surface area contributed by atoms with Crippen LogP contribution in [0.1, 0.15) is 34.6 Å². The molecule has 0 bridgehead atoms. The fourth-order valence-corrected chi connectivity index (χ4v) is 1.62. The first-order chi connectivity index (χ1) is 7.70. The molecule has 2 rings (SSSR count). The molecule has 0 radical (unpaired) electrons. The second kappa shape index (κ2) is 4.47. The Bertz CT molecular complexity index is 422. The molecule has 0 spiro atoms. The molecule has 0 aromatic carbocycles. The van der Waals surface area contributed by atoms with Crippen LogP contribution in [0.2, 0.25) is 0 Å². The Morgan fingerprint density at radius 2 is 2.19 bits per heavy atom. The van der Waals surface area contributed by atoms with Gasteiger partial charge in [-0.2, -0.15) is 0 Å². The molecule has 1 aliphatic rings. The van der Waals surface area contributed by atoms with Gasteiger partial charge in [0, 0.05) is 24.3 Å². The topological polar surface area (TPSA) is 33.2 Å². The van der Waals surface area contributed by atoms with Crippen molar-refractivity contribution in [2.45, 2.75) is 25.8 Å². The summed E-state index contributed by atoms with van der Waals surface area (Å²) >= 11 is 0. The fraction of sp³-hybridized carbons (Fsp3) is 0.385. The summed E-state index contributed by atoms with van der Waals surface area (Å²) in [5, 5.41) is 0. The standard InChI is InChI=1S/C13H16N2O/c1-10-3-4-11(13(9-16)14-10)7-8-15(2)12-5-6-12/h3-4,7-9,12H,5-6H2,1-2H3/b8-7-. The third kappa shape index (κ3) is 2.48. The maximum absolute atomic E-state index is 10.9. The first-order valence-electron chi connectivity index (χ1n) is 5.53. The Hall–Kier alpha value is -1.64. The van der Waals surface area contributed by atoms with Crippen molar-refractivity contribution in [1.29, 1.82) is 0 Å². The first-order valence-corrected chi connectivity index (χ1v) is 5.53. The average Bonchev–Trinajstić information content (AvgIpc) is 3.10. The molecule has 1 saturated carbocycles. The summed E-state index contributed by atoms with van der Waals surface area (Å²) in [5.74, 6) is 0. The van der Waals surface area contributed by atoms with Gasteiger partial charge in [-0.15, -0.1) is 0 Å². The Labute approximate surface area is 95.8 Å². The summed E-state index contributed by atoms with van der Waals surface area (Å²) in [6, 6.07) is 4.54. The van der Waals surface area contributed by atoms with Crippen molar-refractivity contribution >= 4 is 12.4 Å². The molecule has 0 saturated heterocycles. The molecule has 1 aliphatic carbocycles. The molecule has 1 heterocycles. The summed E-state index contributed by atoms with van der Waals surface area (Å²) in [6.07, 6.45) is 7.33. The second-order valence-electron chi connectivity index (χ2n) is 4.26. The van der Waals surface area contributed by atoms with Crippen molar-refractivity contribution < 1.29 is 4.79 Å². The molecule has 0 amide bonds. The molecule has 1 fully saturated rings. The summed E-state index contributed by atoms with van der Waals surface area (Å²) < 4.78 is 0. The number of pyridine rings is 1. The summed E-state index contributed by atoms with van der Waals surface area (Å²) in [5.41, 5.74) is 2.27. The van der Waals surface area contributed by atoms with Gasteiger partial charge in [-0.3, -0.25) is 4.79 Å². The lowest BCUT2D eigenvalue weighted by Gasteiger charge is -2.11. The zero-order valence-corrected chi connectivity index (χ0v) is 9.68. The van der Waals surface area contributed by atoms with Crippen LogP contribution in [0.4, 0.5) is 0 Å². The SMILES string of the molecule is Cc1ccc(/C=C\N(C)C2CC2)c(C=O)n1. The van der Waals surface area contributed by atoms with Crippen LogP contribution in [0.5, 0.6) is 0 Å². The number of carbonyl (C=O) groups excluding carboxylic acids is 1. The van der Waals surface area contributed by atoms with Gasteiger partial charge in [0.2, 0.25) is 0 Å². The van der Waals surface area contributed by atoms with Gasteiger partial charge in [-0.1, -0.05) is 6.07 Å². The smallest absolute Gasteiger partial charge is 0.169 e. The first kappa shape index (κ1) is 10.9. The number of aldehydes is 1. The van der Waals surface area contributed by atoms with Gasteiger partial charge in [0.1, 0.15) is 5.69 Å². The number of hydrogen-bond donors (Lipinski definition) is 0. The normalized spacial score (nSPS) is 15.4. The zero-order valence-electron chi connectivity index (χ0n) is 9.68. The highest BCUT2D eigenvalue weighted by atomic mass is 16.1. The molecule has 3 heteroatoms. The van der Waals surface area contributed by atoms with E-state index in [4.69, 9.17) is 0 Å². The lowest BCUT2D eigenvalue weighted by atomic mass is 10.2. The maximum Gasteiger partial charge on any atom is 0.169 e. The van der Waals surface area contributed by atoms with E-state index in [1.54, 1.807) is 0 Å². The molecular formula is C13H16N2O. The molecule has 0 aliphatic heterocycles. The highest BCUT2D eigenvalue weighted by Crippen LogP contribution is 2.25. The van der Waals surface area contributed by atoms with Crippen LogP contribution in [0, 0.1) is 6.92 Å². The molecule has 0 unspecified atom stereocenters. The largest absolute Gasteiger partial charge is 0.377 e. The van der Waals surface area contributed by atoms with Gasteiger partial charge in [-0.25, -0.2) is 4.98 Å². The van der Waals surface area contributed by atoms with Crippen LogP contribution in [-0.2, 0) is 0 Å². The van der Waals surface area contributed by atoms with Crippen LogP contribution in [0.25, 0.3) is 6.08 Å². The van der Waals surface area contributed by atoms with Gasteiger partial charge < -0.3 is 4.90 Å². The molecule has 16 heavy (non-hydrogen) atoms. The summed E-state index contributed by atoms with van der Waals surface area (Å²) in [7, 11) is 2.07. The van der Waals surface area contributed by atoms with Gasteiger partial charge in [0.05, 0.1) is 0 Å². The van der Waals surface area contributed by atoms with Crippen molar-refractivity contribution in [3.05, 3.63) is 35.3 Å². The zero-order chi connectivity index (χ0) is 11.5. The highest BCUT2D eigenvalue weighted by Gasteiger charge is 2.23. The van der Waals surface area contributed by atoms with E-state index < -0.39 is 0 Å². The predicted octanol–water partition coefficient (Wildman–Crippen LogP) is 2.27. The summed E-state index contributed by atoms with van der Waals surface area (Å²) in [4.78, 5) is 17.2. The van der Waals surface area contributed by atoms with Crippen LogP contribution < -0.4 is 0 Å². The van der Waals surface area contributed by atoms with Crippen LogP contribution in [0.15, 0.2) is 18.3 Å². The van der Waals surface area contributed by atoms with Crippen molar-refractivity contribution in [2.24, 2.45) is 0 Å². The lowest BCUT2D eigenvalue weighted by molar-refractivity contribution is 0.111. The number of carbonyl (C=O) groups is 1. The van der Waals surface area contributed by atoms with E-state index in [-0.39, 0.29) is 0 Å². The Morgan fingerprint density at radius 3 is 2.81 bits per heavy atom. The number of hydrogen-bond acceptors (Lipinski definition) is 3. The number of aryl methyl sites for hydroxylation is 1. The fourth-order valence-electron chi connectivity index (χ4n) is 1.62. The van der Waals surface area contributed by atoms with E-state index in [0.717, 1.165) is 17.5 Å². The van der Waals surface area contributed by atoms with E-state index >= 15 is 0 Å². The van der Waals surface area contributed by atoms with Crippen molar-refractivity contribution in [3.63, 3.8) is 0 Å². The minimum Gasteiger partial charge on any atom is -0.377 e. The van der Waals surface area contributed by atoms with E-state index in [9.17, 15) is 4.79 Å². The predicted molar refractivity (Wildman–Crippen MR) is 64.2 cm³/mol. The number of nitrogens with zero attached hydrogens (tertiary/aromatic N) is 2. The van der Waals surface area contributed by atoms with Crippen molar-refractivity contribution in [2.75, 3.05) is 7.05 Å². The minimum absolute atomic E-state index is 0.514. The Morgan fingerprint density at radius 1 is 1.44 bits per heavy atom. The Balaban J connectivity index is 2.16.